The van der Waals surface area contributed by atoms with Gasteiger partial charge in [0.2, 0.25) is 11.8 Å². The number of amidine groups is 1. The van der Waals surface area contributed by atoms with Crippen molar-refractivity contribution < 1.29 is 19.1 Å². The van der Waals surface area contributed by atoms with Gasteiger partial charge in [0, 0.05) is 29.7 Å². The molecule has 0 aliphatic carbocycles. The van der Waals surface area contributed by atoms with Crippen molar-refractivity contribution in [2.45, 2.75) is 25.5 Å². The van der Waals surface area contributed by atoms with Gasteiger partial charge in [0.05, 0.1) is 5.69 Å². The van der Waals surface area contributed by atoms with Gasteiger partial charge in [0.15, 0.2) is 16.7 Å². The van der Waals surface area contributed by atoms with E-state index in [-0.39, 0.29) is 18.2 Å². The number of nitrogens with one attached hydrogen (secondary N) is 1. The lowest BCUT2D eigenvalue weighted by molar-refractivity contribution is -0.128. The highest BCUT2D eigenvalue weighted by Crippen LogP contribution is 2.36. The second kappa shape index (κ2) is 9.20. The van der Waals surface area contributed by atoms with Crippen molar-refractivity contribution in [3.8, 4) is 11.5 Å². The van der Waals surface area contributed by atoms with Gasteiger partial charge < -0.3 is 14.8 Å². The van der Waals surface area contributed by atoms with Crippen LogP contribution in [0.5, 0.6) is 11.5 Å². The molecule has 162 valence electrons. The van der Waals surface area contributed by atoms with E-state index < -0.39 is 5.25 Å². The molecule has 0 spiro atoms. The van der Waals surface area contributed by atoms with Crippen molar-refractivity contribution in [1.29, 1.82) is 0 Å². The molecule has 1 saturated heterocycles. The molecule has 0 bridgehead atoms. The van der Waals surface area contributed by atoms with Crippen molar-refractivity contribution in [3.63, 3.8) is 0 Å². The molecule has 2 heterocycles. The van der Waals surface area contributed by atoms with Crippen LogP contribution in [0.2, 0.25) is 5.02 Å². The lowest BCUT2D eigenvalue weighted by Crippen LogP contribution is -2.33. The number of halogens is 1. The minimum Gasteiger partial charge on any atom is -0.486 e. The summed E-state index contributed by atoms with van der Waals surface area (Å²) in [5, 5.41) is 3.47. The fraction of sp³-hybridized carbons (Fsp3) is 0.318. The fourth-order valence-electron chi connectivity index (χ4n) is 3.34. The average Bonchev–Trinajstić information content (AvgIpc) is 3.05. The summed E-state index contributed by atoms with van der Waals surface area (Å²) in [5.74, 6) is 0.955. The first-order valence-electron chi connectivity index (χ1n) is 9.97. The number of anilines is 1. The SMILES string of the molecule is CCN1C(=O)C(CC(=O)Nc2cccc(Cl)c2C)SC1=Nc1ccc2c(c1)OCCO2. The van der Waals surface area contributed by atoms with Crippen LogP contribution in [0.1, 0.15) is 18.9 Å². The standard InChI is InChI=1S/C22H22ClN3O4S/c1-3-26-21(28)19(12-20(27)25-16-6-4-5-15(23)13(16)2)31-22(26)24-14-7-8-17-18(11-14)30-10-9-29-17/h4-8,11,19H,3,9-10,12H2,1-2H3,(H,25,27). The Morgan fingerprint density at radius 3 is 2.81 bits per heavy atom. The molecule has 1 unspecified atom stereocenters. The molecule has 1 N–H and O–H groups in total. The van der Waals surface area contributed by atoms with E-state index in [4.69, 9.17) is 21.1 Å². The van der Waals surface area contributed by atoms with Crippen LogP contribution in [-0.4, -0.2) is 46.9 Å². The molecule has 9 heteroatoms. The Kier molecular flexibility index (Phi) is 6.38. The zero-order chi connectivity index (χ0) is 22.0. The summed E-state index contributed by atoms with van der Waals surface area (Å²) in [6, 6.07) is 10.8. The number of carbonyl (C=O) groups excluding carboxylic acids is 2. The second-order valence-electron chi connectivity index (χ2n) is 7.08. The molecule has 0 saturated carbocycles. The van der Waals surface area contributed by atoms with E-state index in [2.05, 4.69) is 10.3 Å². The van der Waals surface area contributed by atoms with Crippen LogP contribution >= 0.6 is 23.4 Å². The van der Waals surface area contributed by atoms with Crippen molar-refractivity contribution in [2.24, 2.45) is 4.99 Å². The largest absolute Gasteiger partial charge is 0.486 e. The number of fused-ring (bicyclic) bond motifs is 1. The highest BCUT2D eigenvalue weighted by molar-refractivity contribution is 8.15. The Bertz CT molecular complexity index is 1060. The van der Waals surface area contributed by atoms with Crippen LogP contribution in [-0.2, 0) is 9.59 Å². The maximum Gasteiger partial charge on any atom is 0.242 e. The third-order valence-corrected chi connectivity index (χ3v) is 6.58. The Balaban J connectivity index is 1.48. The molecule has 2 aliphatic rings. The molecular formula is C22H22ClN3O4S. The van der Waals surface area contributed by atoms with Gasteiger partial charge in [-0.3, -0.25) is 14.5 Å². The quantitative estimate of drug-likeness (QED) is 0.716. The Labute approximate surface area is 189 Å². The number of hydrogen-bond acceptors (Lipinski definition) is 6. The van der Waals surface area contributed by atoms with E-state index in [1.807, 2.05) is 26.0 Å². The normalized spacial score (nSPS) is 19.1. The first-order valence-corrected chi connectivity index (χ1v) is 11.2. The van der Waals surface area contributed by atoms with Gasteiger partial charge >= 0.3 is 0 Å². The van der Waals surface area contributed by atoms with E-state index in [0.29, 0.717) is 52.8 Å². The van der Waals surface area contributed by atoms with Crippen LogP contribution < -0.4 is 14.8 Å². The topological polar surface area (TPSA) is 80.2 Å². The molecule has 2 aromatic carbocycles. The first-order chi connectivity index (χ1) is 15.0. The number of aliphatic imine (C=N–C) groups is 1. The van der Waals surface area contributed by atoms with E-state index in [0.717, 1.165) is 5.56 Å². The van der Waals surface area contributed by atoms with Crippen molar-refractivity contribution in [3.05, 3.63) is 47.0 Å². The third-order valence-electron chi connectivity index (χ3n) is 5.00. The Morgan fingerprint density at radius 2 is 2.03 bits per heavy atom. The smallest absolute Gasteiger partial charge is 0.242 e. The summed E-state index contributed by atoms with van der Waals surface area (Å²) in [6.07, 6.45) is 0.0477. The first kappa shape index (κ1) is 21.5. The zero-order valence-electron chi connectivity index (χ0n) is 17.2. The number of carbonyl (C=O) groups is 2. The summed E-state index contributed by atoms with van der Waals surface area (Å²) in [7, 11) is 0. The molecule has 0 aromatic heterocycles. The summed E-state index contributed by atoms with van der Waals surface area (Å²) < 4.78 is 11.1. The highest BCUT2D eigenvalue weighted by atomic mass is 35.5. The maximum atomic E-state index is 12.9. The molecule has 0 radical (unpaired) electrons. The minimum atomic E-state index is -0.532. The van der Waals surface area contributed by atoms with Gasteiger partial charge in [-0.15, -0.1) is 0 Å². The Morgan fingerprint density at radius 1 is 1.26 bits per heavy atom. The molecular weight excluding hydrogens is 438 g/mol. The van der Waals surface area contributed by atoms with E-state index in [9.17, 15) is 9.59 Å². The molecule has 1 fully saturated rings. The number of hydrogen-bond donors (Lipinski definition) is 1. The van der Waals surface area contributed by atoms with Gasteiger partial charge in [0.25, 0.3) is 0 Å². The Hall–Kier alpha value is -2.71. The van der Waals surface area contributed by atoms with E-state index in [1.54, 1.807) is 29.2 Å². The average molecular weight is 460 g/mol. The third kappa shape index (κ3) is 4.65. The summed E-state index contributed by atoms with van der Waals surface area (Å²) in [4.78, 5) is 31.7. The number of thioether (sulfide) groups is 1. The molecule has 31 heavy (non-hydrogen) atoms. The van der Waals surface area contributed by atoms with Crippen LogP contribution in [0.25, 0.3) is 0 Å². The molecule has 4 rings (SSSR count). The fourth-order valence-corrected chi connectivity index (χ4v) is 4.74. The van der Waals surface area contributed by atoms with Crippen LogP contribution in [0.3, 0.4) is 0 Å². The molecule has 1 atom stereocenters. The molecule has 2 aromatic rings. The van der Waals surface area contributed by atoms with Crippen LogP contribution in [0.15, 0.2) is 41.4 Å². The molecule has 2 aliphatic heterocycles. The molecule has 2 amide bonds. The van der Waals surface area contributed by atoms with E-state index in [1.165, 1.54) is 11.8 Å². The van der Waals surface area contributed by atoms with Gasteiger partial charge in [-0.25, -0.2) is 4.99 Å². The predicted octanol–water partition coefficient (Wildman–Crippen LogP) is 4.40. The van der Waals surface area contributed by atoms with Crippen molar-refractivity contribution in [2.75, 3.05) is 25.1 Å². The maximum absolute atomic E-state index is 12.9. The predicted molar refractivity (Wildman–Crippen MR) is 123 cm³/mol. The summed E-state index contributed by atoms with van der Waals surface area (Å²) in [6.45, 7) is 5.21. The lowest BCUT2D eigenvalue weighted by atomic mass is 10.2. The number of rotatable bonds is 5. The molecule has 7 nitrogen and oxygen atoms in total. The minimum absolute atomic E-state index is 0.0477. The number of amides is 2. The van der Waals surface area contributed by atoms with E-state index >= 15 is 0 Å². The van der Waals surface area contributed by atoms with Crippen molar-refractivity contribution >= 4 is 51.7 Å². The van der Waals surface area contributed by atoms with Gasteiger partial charge in [0.1, 0.15) is 18.5 Å². The number of nitrogens with zero attached hydrogens (tertiary/aromatic N) is 2. The van der Waals surface area contributed by atoms with Crippen molar-refractivity contribution in [1.82, 2.24) is 4.90 Å². The number of ether oxygens (including phenoxy) is 2. The van der Waals surface area contributed by atoms with Crippen LogP contribution in [0, 0.1) is 6.92 Å². The van der Waals surface area contributed by atoms with Gasteiger partial charge in [-0.1, -0.05) is 29.4 Å². The monoisotopic (exact) mass is 459 g/mol. The van der Waals surface area contributed by atoms with Gasteiger partial charge in [-0.05, 0) is 43.7 Å². The second-order valence-corrected chi connectivity index (χ2v) is 8.65. The zero-order valence-corrected chi connectivity index (χ0v) is 18.8. The highest BCUT2D eigenvalue weighted by Gasteiger charge is 2.38. The summed E-state index contributed by atoms with van der Waals surface area (Å²) >= 11 is 7.42. The van der Waals surface area contributed by atoms with Gasteiger partial charge in [-0.2, -0.15) is 0 Å². The van der Waals surface area contributed by atoms with Crippen LogP contribution in [0.4, 0.5) is 11.4 Å². The lowest BCUT2D eigenvalue weighted by Gasteiger charge is -2.18. The number of benzene rings is 2. The summed E-state index contributed by atoms with van der Waals surface area (Å²) in [5.41, 5.74) is 2.10.